The highest BCUT2D eigenvalue weighted by molar-refractivity contribution is 7.88. The largest absolute Gasteiger partial charge is 0.573 e. The number of carbonyl (C=O) groups is 1. The molecule has 1 atom stereocenters. The molecule has 0 saturated carbocycles. The van der Waals surface area contributed by atoms with E-state index in [2.05, 4.69) is 15.0 Å². The van der Waals surface area contributed by atoms with Crippen molar-refractivity contribution in [1.29, 1.82) is 0 Å². The SMILES string of the molecule is CC(CCN1CCN(S(C)(=O)=O)CC1)(C(=O)NCc1ccc(OC(F)(F)F)cc1)c1ccc(Cl)c(Cl)c1. The van der Waals surface area contributed by atoms with Gasteiger partial charge in [0.1, 0.15) is 5.75 Å². The Morgan fingerprint density at radius 3 is 2.19 bits per heavy atom. The van der Waals surface area contributed by atoms with Gasteiger partial charge >= 0.3 is 6.36 Å². The fourth-order valence-corrected chi connectivity index (χ4v) is 5.21. The Balaban J connectivity index is 1.71. The first-order valence-electron chi connectivity index (χ1n) is 11.4. The number of nitrogens with zero attached hydrogens (tertiary/aromatic N) is 2. The number of amides is 1. The first-order chi connectivity index (χ1) is 17.2. The van der Waals surface area contributed by atoms with E-state index in [1.54, 1.807) is 25.1 Å². The summed E-state index contributed by atoms with van der Waals surface area (Å²) in [6, 6.07) is 10.3. The van der Waals surface area contributed by atoms with E-state index in [0.29, 0.717) is 60.3 Å². The number of ether oxygens (including phenoxy) is 1. The standard InChI is InChI=1S/C24H28Cl2F3N3O4S/c1-23(18-5-8-20(25)21(26)15-18,9-10-31-11-13-32(14-12-31)37(2,34)35)22(33)30-16-17-3-6-19(7-4-17)36-24(27,28)29/h3-8,15H,9-14,16H2,1-2H3,(H,30,33). The highest BCUT2D eigenvalue weighted by atomic mass is 35.5. The minimum absolute atomic E-state index is 0.0923. The van der Waals surface area contributed by atoms with Crippen LogP contribution in [0.15, 0.2) is 42.5 Å². The Hall–Kier alpha value is -2.05. The lowest BCUT2D eigenvalue weighted by molar-refractivity contribution is -0.274. The number of rotatable bonds is 9. The lowest BCUT2D eigenvalue weighted by atomic mass is 9.78. The molecule has 0 bridgehead atoms. The maximum atomic E-state index is 13.5. The molecular weight excluding hydrogens is 554 g/mol. The maximum absolute atomic E-state index is 13.5. The lowest BCUT2D eigenvalue weighted by Gasteiger charge is -2.36. The van der Waals surface area contributed by atoms with E-state index in [-0.39, 0.29) is 18.2 Å². The van der Waals surface area contributed by atoms with Crippen molar-refractivity contribution in [3.05, 3.63) is 63.6 Å². The van der Waals surface area contributed by atoms with Crippen LogP contribution in [0.1, 0.15) is 24.5 Å². The van der Waals surface area contributed by atoms with E-state index in [0.717, 1.165) is 0 Å². The molecule has 0 aliphatic carbocycles. The predicted molar refractivity (Wildman–Crippen MR) is 136 cm³/mol. The van der Waals surface area contributed by atoms with Gasteiger partial charge in [-0.1, -0.05) is 41.4 Å². The van der Waals surface area contributed by atoms with Gasteiger partial charge in [-0.25, -0.2) is 8.42 Å². The number of alkyl halides is 3. The average Bonchev–Trinajstić information content (AvgIpc) is 2.82. The number of carbonyl (C=O) groups excluding carboxylic acids is 1. The van der Waals surface area contributed by atoms with Crippen molar-refractivity contribution in [2.75, 3.05) is 39.0 Å². The van der Waals surface area contributed by atoms with Gasteiger partial charge in [-0.05, 0) is 55.3 Å². The minimum Gasteiger partial charge on any atom is -0.406 e. The quantitative estimate of drug-likeness (QED) is 0.474. The van der Waals surface area contributed by atoms with Crippen LogP contribution in [0.3, 0.4) is 0 Å². The van der Waals surface area contributed by atoms with Crippen molar-refractivity contribution in [1.82, 2.24) is 14.5 Å². The number of hydrogen-bond acceptors (Lipinski definition) is 5. The summed E-state index contributed by atoms with van der Waals surface area (Å²) in [6.45, 7) is 4.25. The molecule has 37 heavy (non-hydrogen) atoms. The van der Waals surface area contributed by atoms with Gasteiger partial charge in [-0.2, -0.15) is 4.31 Å². The lowest BCUT2D eigenvalue weighted by Crippen LogP contribution is -2.50. The Labute approximate surface area is 224 Å². The van der Waals surface area contributed by atoms with E-state index in [1.165, 1.54) is 34.8 Å². The van der Waals surface area contributed by atoms with Gasteiger partial charge in [-0.3, -0.25) is 4.79 Å². The molecule has 2 aromatic carbocycles. The van der Waals surface area contributed by atoms with Crippen LogP contribution in [-0.2, 0) is 26.8 Å². The molecule has 1 N–H and O–H groups in total. The topological polar surface area (TPSA) is 79.0 Å². The van der Waals surface area contributed by atoms with E-state index < -0.39 is 21.8 Å². The number of hydrogen-bond donors (Lipinski definition) is 1. The predicted octanol–water partition coefficient (Wildman–Crippen LogP) is 4.43. The Morgan fingerprint density at radius 1 is 1.03 bits per heavy atom. The molecule has 1 fully saturated rings. The van der Waals surface area contributed by atoms with E-state index >= 15 is 0 Å². The highest BCUT2D eigenvalue weighted by Gasteiger charge is 2.36. The Kier molecular flexibility index (Phi) is 9.39. The second-order valence-corrected chi connectivity index (χ2v) is 11.9. The fraction of sp³-hybridized carbons (Fsp3) is 0.458. The van der Waals surface area contributed by atoms with Crippen molar-refractivity contribution >= 4 is 39.1 Å². The molecule has 3 rings (SSSR count). The smallest absolute Gasteiger partial charge is 0.406 e. The van der Waals surface area contributed by atoms with Gasteiger partial charge in [0, 0.05) is 32.7 Å². The number of halogens is 5. The van der Waals surface area contributed by atoms with Crippen LogP contribution in [-0.4, -0.2) is 68.9 Å². The summed E-state index contributed by atoms with van der Waals surface area (Å²) in [4.78, 5) is 15.6. The van der Waals surface area contributed by atoms with Crippen molar-refractivity contribution in [3.8, 4) is 5.75 Å². The Bertz CT molecular complexity index is 1200. The van der Waals surface area contributed by atoms with Crippen LogP contribution in [0.4, 0.5) is 13.2 Å². The van der Waals surface area contributed by atoms with E-state index in [1.807, 2.05) is 0 Å². The summed E-state index contributed by atoms with van der Waals surface area (Å²) in [5, 5.41) is 3.53. The molecule has 1 unspecified atom stereocenters. The molecule has 1 aliphatic rings. The van der Waals surface area contributed by atoms with Crippen LogP contribution in [0, 0.1) is 0 Å². The third kappa shape index (κ3) is 8.22. The normalized spacial score (nSPS) is 17.3. The van der Waals surface area contributed by atoms with Gasteiger partial charge in [-0.15, -0.1) is 13.2 Å². The third-order valence-corrected chi connectivity index (χ3v) is 8.44. The van der Waals surface area contributed by atoms with Gasteiger partial charge in [0.2, 0.25) is 15.9 Å². The zero-order valence-corrected chi connectivity index (χ0v) is 22.6. The summed E-state index contributed by atoms with van der Waals surface area (Å²) in [7, 11) is -3.25. The van der Waals surface area contributed by atoms with Crippen LogP contribution in [0.2, 0.25) is 10.0 Å². The average molecular weight is 582 g/mol. The third-order valence-electron chi connectivity index (χ3n) is 6.40. The van der Waals surface area contributed by atoms with E-state index in [4.69, 9.17) is 23.2 Å². The summed E-state index contributed by atoms with van der Waals surface area (Å²) in [5.41, 5.74) is 0.237. The molecular formula is C24H28Cl2F3N3O4S. The van der Waals surface area contributed by atoms with Crippen molar-refractivity contribution < 1.29 is 31.1 Å². The molecule has 204 valence electrons. The minimum atomic E-state index is -4.78. The molecule has 0 radical (unpaired) electrons. The molecule has 2 aromatic rings. The number of piperazine rings is 1. The molecule has 1 heterocycles. The summed E-state index contributed by atoms with van der Waals surface area (Å²) < 4.78 is 66.1. The number of nitrogens with one attached hydrogen (secondary N) is 1. The van der Waals surface area contributed by atoms with Crippen LogP contribution in [0.25, 0.3) is 0 Å². The summed E-state index contributed by atoms with van der Waals surface area (Å²) in [6.07, 6.45) is -3.19. The van der Waals surface area contributed by atoms with Gasteiger partial charge in [0.15, 0.2) is 0 Å². The molecule has 1 aliphatic heterocycles. The maximum Gasteiger partial charge on any atom is 0.573 e. The van der Waals surface area contributed by atoms with Gasteiger partial charge in [0.05, 0.1) is 21.7 Å². The zero-order valence-electron chi connectivity index (χ0n) is 20.3. The second-order valence-electron chi connectivity index (χ2n) is 9.09. The summed E-state index contributed by atoms with van der Waals surface area (Å²) in [5.74, 6) is -0.643. The second kappa shape index (κ2) is 11.8. The van der Waals surface area contributed by atoms with Crippen molar-refractivity contribution in [3.63, 3.8) is 0 Å². The van der Waals surface area contributed by atoms with Gasteiger partial charge < -0.3 is 15.0 Å². The van der Waals surface area contributed by atoms with Crippen LogP contribution >= 0.6 is 23.2 Å². The van der Waals surface area contributed by atoms with E-state index in [9.17, 15) is 26.4 Å². The Morgan fingerprint density at radius 2 is 1.65 bits per heavy atom. The first kappa shape index (κ1) is 29.5. The molecule has 0 aromatic heterocycles. The van der Waals surface area contributed by atoms with Gasteiger partial charge in [0.25, 0.3) is 0 Å². The molecule has 1 saturated heterocycles. The monoisotopic (exact) mass is 581 g/mol. The molecule has 1 amide bonds. The molecule has 7 nitrogen and oxygen atoms in total. The van der Waals surface area contributed by atoms with Crippen molar-refractivity contribution in [2.45, 2.75) is 31.7 Å². The highest BCUT2D eigenvalue weighted by Crippen LogP contribution is 2.33. The van der Waals surface area contributed by atoms with Crippen LogP contribution in [0.5, 0.6) is 5.75 Å². The van der Waals surface area contributed by atoms with Crippen LogP contribution < -0.4 is 10.1 Å². The number of benzene rings is 2. The molecule has 13 heteroatoms. The summed E-state index contributed by atoms with van der Waals surface area (Å²) >= 11 is 12.3. The first-order valence-corrected chi connectivity index (χ1v) is 14.0. The zero-order chi connectivity index (χ0) is 27.4. The number of sulfonamides is 1. The fourth-order valence-electron chi connectivity index (χ4n) is 4.08. The van der Waals surface area contributed by atoms with Crippen molar-refractivity contribution in [2.24, 2.45) is 0 Å². The molecule has 0 spiro atoms.